The first-order valence-electron chi connectivity index (χ1n) is 8.72. The van der Waals surface area contributed by atoms with Crippen LogP contribution in [0.1, 0.15) is 31.9 Å². The molecule has 0 heterocycles. The van der Waals surface area contributed by atoms with Crippen LogP contribution in [0.2, 0.25) is 0 Å². The van der Waals surface area contributed by atoms with Crippen molar-refractivity contribution >= 4 is 6.09 Å². The van der Waals surface area contributed by atoms with Crippen LogP contribution in [0.5, 0.6) is 5.75 Å². The highest BCUT2D eigenvalue weighted by atomic mass is 16.6. The zero-order valence-electron chi connectivity index (χ0n) is 15.6. The number of aliphatic hydroxyl groups is 1. The Balaban J connectivity index is 1.85. The average Bonchev–Trinajstić information content (AvgIpc) is 2.60. The van der Waals surface area contributed by atoms with Gasteiger partial charge in [0.1, 0.15) is 18.0 Å². The number of benzene rings is 2. The van der Waals surface area contributed by atoms with E-state index in [-0.39, 0.29) is 6.61 Å². The van der Waals surface area contributed by atoms with Gasteiger partial charge in [0.05, 0.1) is 12.6 Å². The number of rotatable bonds is 7. The Morgan fingerprint density at radius 3 is 2.27 bits per heavy atom. The number of nitrogens with one attached hydrogen (secondary N) is 1. The van der Waals surface area contributed by atoms with Crippen LogP contribution in [0.4, 0.5) is 4.79 Å². The minimum Gasteiger partial charge on any atom is -0.489 e. The molecular formula is C21H27NO4. The molecule has 0 aliphatic carbocycles. The largest absolute Gasteiger partial charge is 0.489 e. The maximum atomic E-state index is 11.8. The number of carbonyl (C=O) groups is 1. The Kier molecular flexibility index (Phi) is 7.04. The molecule has 1 atom stereocenters. The van der Waals surface area contributed by atoms with Crippen molar-refractivity contribution in [1.29, 1.82) is 0 Å². The van der Waals surface area contributed by atoms with Crippen LogP contribution in [0.25, 0.3) is 0 Å². The van der Waals surface area contributed by atoms with Gasteiger partial charge >= 0.3 is 6.09 Å². The van der Waals surface area contributed by atoms with Crippen LogP contribution >= 0.6 is 0 Å². The van der Waals surface area contributed by atoms with Gasteiger partial charge < -0.3 is 19.9 Å². The summed E-state index contributed by atoms with van der Waals surface area (Å²) < 4.78 is 11.0. The fourth-order valence-corrected chi connectivity index (χ4v) is 2.38. The minimum atomic E-state index is -0.568. The summed E-state index contributed by atoms with van der Waals surface area (Å²) in [6.07, 6.45) is -0.0197. The molecule has 2 N–H and O–H groups in total. The molecule has 140 valence electrons. The highest BCUT2D eigenvalue weighted by molar-refractivity contribution is 5.68. The third kappa shape index (κ3) is 7.15. The van der Waals surface area contributed by atoms with E-state index in [1.165, 1.54) is 0 Å². The third-order valence-electron chi connectivity index (χ3n) is 3.60. The van der Waals surface area contributed by atoms with Crippen LogP contribution in [0.3, 0.4) is 0 Å². The van der Waals surface area contributed by atoms with E-state index >= 15 is 0 Å². The van der Waals surface area contributed by atoms with Gasteiger partial charge in [0.2, 0.25) is 0 Å². The van der Waals surface area contributed by atoms with Crippen LogP contribution < -0.4 is 10.1 Å². The highest BCUT2D eigenvalue weighted by Crippen LogP contribution is 2.15. The first-order valence-corrected chi connectivity index (χ1v) is 8.72. The molecule has 26 heavy (non-hydrogen) atoms. The Bertz CT molecular complexity index is 677. The lowest BCUT2D eigenvalue weighted by molar-refractivity contribution is 0.0483. The summed E-state index contributed by atoms with van der Waals surface area (Å²) in [4.78, 5) is 11.8. The van der Waals surface area contributed by atoms with Gasteiger partial charge in [0, 0.05) is 0 Å². The monoisotopic (exact) mass is 357 g/mol. The van der Waals surface area contributed by atoms with Gasteiger partial charge in [0.25, 0.3) is 0 Å². The molecule has 0 bridgehead atoms. The van der Waals surface area contributed by atoms with Gasteiger partial charge in [-0.05, 0) is 50.5 Å². The zero-order valence-corrected chi connectivity index (χ0v) is 15.6. The fourth-order valence-electron chi connectivity index (χ4n) is 2.38. The standard InChI is InChI=1S/C21H27NO4/c1-21(2,3)26-20(24)22-18(14-23)13-16-9-11-19(12-10-16)25-15-17-7-5-4-6-8-17/h4-12,18,23H,13-15H2,1-3H3,(H,22,24). The van der Waals surface area contributed by atoms with Gasteiger partial charge in [-0.2, -0.15) is 0 Å². The highest BCUT2D eigenvalue weighted by Gasteiger charge is 2.19. The maximum Gasteiger partial charge on any atom is 0.407 e. The van der Waals surface area contributed by atoms with Crippen LogP contribution in [-0.4, -0.2) is 29.4 Å². The molecule has 0 fully saturated rings. The van der Waals surface area contributed by atoms with E-state index in [1.54, 1.807) is 20.8 Å². The van der Waals surface area contributed by atoms with E-state index in [2.05, 4.69) is 5.32 Å². The molecule has 5 heteroatoms. The van der Waals surface area contributed by atoms with E-state index < -0.39 is 17.7 Å². The molecule has 1 unspecified atom stereocenters. The van der Waals surface area contributed by atoms with Crippen molar-refractivity contribution < 1.29 is 19.4 Å². The van der Waals surface area contributed by atoms with Gasteiger partial charge in [-0.3, -0.25) is 0 Å². The molecule has 0 spiro atoms. The van der Waals surface area contributed by atoms with Crippen molar-refractivity contribution in [2.75, 3.05) is 6.61 Å². The smallest absolute Gasteiger partial charge is 0.407 e. The second-order valence-corrected chi connectivity index (χ2v) is 7.15. The number of carbonyl (C=O) groups excluding carboxylic acids is 1. The lowest BCUT2D eigenvalue weighted by Crippen LogP contribution is -2.42. The summed E-state index contributed by atoms with van der Waals surface area (Å²) in [6.45, 7) is 5.75. The van der Waals surface area contributed by atoms with E-state index in [0.29, 0.717) is 13.0 Å². The number of hydrogen-bond acceptors (Lipinski definition) is 4. The van der Waals surface area contributed by atoms with Gasteiger partial charge in [-0.15, -0.1) is 0 Å². The minimum absolute atomic E-state index is 0.161. The van der Waals surface area contributed by atoms with Gasteiger partial charge in [-0.1, -0.05) is 42.5 Å². The Labute approximate surface area is 155 Å². The molecule has 0 radical (unpaired) electrons. The summed E-state index contributed by atoms with van der Waals surface area (Å²) in [5.74, 6) is 0.776. The lowest BCUT2D eigenvalue weighted by Gasteiger charge is -2.22. The Hall–Kier alpha value is -2.53. The number of ether oxygens (including phenoxy) is 2. The number of hydrogen-bond donors (Lipinski definition) is 2. The molecule has 2 aromatic rings. The number of amides is 1. The Morgan fingerprint density at radius 1 is 1.04 bits per heavy atom. The predicted octanol–water partition coefficient (Wildman–Crippen LogP) is 3.69. The van der Waals surface area contributed by atoms with E-state index in [0.717, 1.165) is 16.9 Å². The summed E-state index contributed by atoms with van der Waals surface area (Å²) in [5, 5.41) is 12.2. The van der Waals surface area contributed by atoms with Crippen molar-refractivity contribution in [3.63, 3.8) is 0 Å². The van der Waals surface area contributed by atoms with E-state index in [4.69, 9.17) is 9.47 Å². The van der Waals surface area contributed by atoms with Gasteiger partial charge in [-0.25, -0.2) is 4.79 Å². The topological polar surface area (TPSA) is 67.8 Å². The maximum absolute atomic E-state index is 11.8. The van der Waals surface area contributed by atoms with Crippen molar-refractivity contribution in [1.82, 2.24) is 5.32 Å². The van der Waals surface area contributed by atoms with Crippen molar-refractivity contribution in [3.8, 4) is 5.75 Å². The number of alkyl carbamates (subject to hydrolysis) is 1. The van der Waals surface area contributed by atoms with Crippen LogP contribution in [-0.2, 0) is 17.8 Å². The van der Waals surface area contributed by atoms with E-state index in [1.807, 2.05) is 54.6 Å². The second-order valence-electron chi connectivity index (χ2n) is 7.15. The molecule has 0 saturated carbocycles. The molecule has 0 saturated heterocycles. The third-order valence-corrected chi connectivity index (χ3v) is 3.60. The Morgan fingerprint density at radius 2 is 1.69 bits per heavy atom. The second kappa shape index (κ2) is 9.25. The van der Waals surface area contributed by atoms with Gasteiger partial charge in [0.15, 0.2) is 0 Å². The average molecular weight is 357 g/mol. The molecular weight excluding hydrogens is 330 g/mol. The number of aliphatic hydroxyl groups excluding tert-OH is 1. The summed E-state index contributed by atoms with van der Waals surface area (Å²) >= 11 is 0. The van der Waals surface area contributed by atoms with Crippen LogP contribution in [0.15, 0.2) is 54.6 Å². The lowest BCUT2D eigenvalue weighted by atomic mass is 10.1. The molecule has 0 aliphatic heterocycles. The first kappa shape index (κ1) is 19.8. The molecule has 0 aromatic heterocycles. The van der Waals surface area contributed by atoms with Crippen LogP contribution in [0, 0.1) is 0 Å². The fraction of sp³-hybridized carbons (Fsp3) is 0.381. The molecule has 2 rings (SSSR count). The van der Waals surface area contributed by atoms with Crippen molar-refractivity contribution in [3.05, 3.63) is 65.7 Å². The molecule has 1 amide bonds. The first-order chi connectivity index (χ1) is 12.4. The normalized spacial score (nSPS) is 12.3. The molecule has 0 aliphatic rings. The van der Waals surface area contributed by atoms with Crippen molar-refractivity contribution in [2.24, 2.45) is 0 Å². The molecule has 2 aromatic carbocycles. The van der Waals surface area contributed by atoms with E-state index in [9.17, 15) is 9.90 Å². The summed E-state index contributed by atoms with van der Waals surface area (Å²) in [5.41, 5.74) is 1.53. The quantitative estimate of drug-likeness (QED) is 0.793. The SMILES string of the molecule is CC(C)(C)OC(=O)NC(CO)Cc1ccc(OCc2ccccc2)cc1. The summed E-state index contributed by atoms with van der Waals surface area (Å²) in [6, 6.07) is 17.2. The molecule has 5 nitrogen and oxygen atoms in total. The summed E-state index contributed by atoms with van der Waals surface area (Å²) in [7, 11) is 0. The predicted molar refractivity (Wildman–Crippen MR) is 101 cm³/mol. The zero-order chi connectivity index (χ0) is 19.0. The van der Waals surface area contributed by atoms with Crippen molar-refractivity contribution in [2.45, 2.75) is 45.4 Å².